The molecule has 37 heavy (non-hydrogen) atoms. The minimum absolute atomic E-state index is 0.0558. The molecule has 5 rings (SSSR count). The number of hydrogen-bond donors (Lipinski definition) is 1. The first-order valence-electron chi connectivity index (χ1n) is 13.0. The molecule has 3 aromatic rings. The van der Waals surface area contributed by atoms with Crippen molar-refractivity contribution >= 4 is 23.1 Å². The highest BCUT2D eigenvalue weighted by Gasteiger charge is 2.43. The summed E-state index contributed by atoms with van der Waals surface area (Å²) in [5, 5.41) is 3.57. The Bertz CT molecular complexity index is 1340. The van der Waals surface area contributed by atoms with E-state index < -0.39 is 6.04 Å². The molecule has 0 fully saturated rings. The quantitative estimate of drug-likeness (QED) is 0.421. The predicted octanol–water partition coefficient (Wildman–Crippen LogP) is 6.86. The summed E-state index contributed by atoms with van der Waals surface area (Å²) in [5.41, 5.74) is 4.84. The van der Waals surface area contributed by atoms with Gasteiger partial charge in [-0.2, -0.15) is 0 Å². The van der Waals surface area contributed by atoms with Crippen LogP contribution in [-0.2, 0) is 16.0 Å². The van der Waals surface area contributed by atoms with E-state index in [0.29, 0.717) is 12.0 Å². The van der Waals surface area contributed by atoms with Gasteiger partial charge in [0.25, 0.3) is 0 Å². The second-order valence-corrected chi connectivity index (χ2v) is 11.0. The lowest BCUT2D eigenvalue weighted by Crippen LogP contribution is -2.40. The van der Waals surface area contributed by atoms with E-state index in [2.05, 4.69) is 19.2 Å². The molecular weight excluding hydrogens is 460 g/mol. The van der Waals surface area contributed by atoms with Crippen LogP contribution in [0.3, 0.4) is 0 Å². The van der Waals surface area contributed by atoms with Crippen LogP contribution in [0, 0.1) is 5.41 Å². The Morgan fingerprint density at radius 1 is 0.973 bits per heavy atom. The molecule has 5 nitrogen and oxygen atoms in total. The third-order valence-corrected chi connectivity index (χ3v) is 6.94. The normalized spacial score (nSPS) is 18.6. The molecule has 1 aliphatic carbocycles. The van der Waals surface area contributed by atoms with Crippen LogP contribution in [-0.4, -0.2) is 17.8 Å². The number of amides is 1. The van der Waals surface area contributed by atoms with Gasteiger partial charge in [-0.05, 0) is 61.1 Å². The average molecular weight is 495 g/mol. The lowest BCUT2D eigenvalue weighted by atomic mass is 9.73. The van der Waals surface area contributed by atoms with E-state index in [1.807, 2.05) is 97.6 Å². The van der Waals surface area contributed by atoms with Crippen LogP contribution in [0.25, 0.3) is 0 Å². The number of hydrogen-bond acceptors (Lipinski definition) is 4. The van der Waals surface area contributed by atoms with Crippen molar-refractivity contribution in [1.29, 1.82) is 0 Å². The molecule has 0 unspecified atom stereocenters. The number of carbonyl (C=O) groups excluding carboxylic acids is 2. The maximum atomic E-state index is 14.1. The molecule has 1 N–H and O–H groups in total. The van der Waals surface area contributed by atoms with Crippen molar-refractivity contribution < 1.29 is 14.3 Å². The minimum atomic E-state index is -0.543. The van der Waals surface area contributed by atoms with Gasteiger partial charge in [-0.15, -0.1) is 0 Å². The molecule has 2 aliphatic rings. The maximum absolute atomic E-state index is 14.1. The van der Waals surface area contributed by atoms with Crippen molar-refractivity contribution in [3.63, 3.8) is 0 Å². The molecule has 1 amide bonds. The summed E-state index contributed by atoms with van der Waals surface area (Å²) in [7, 11) is 0. The first-order valence-corrected chi connectivity index (χ1v) is 13.0. The van der Waals surface area contributed by atoms with Crippen molar-refractivity contribution in [2.45, 2.75) is 59.1 Å². The highest BCUT2D eigenvalue weighted by atomic mass is 16.5. The standard InChI is InChI=1S/C32H34N2O3/c1-21(2)37-24-16-14-23(15-17-24)31-30-26(19-32(3,4)20-28(30)35)33-25-12-8-9-13-27(25)34(31)29(36)18-22-10-6-5-7-11-22/h5-17,21,31,33H,18-20H2,1-4H3/t31-/m1/s1. The Labute approximate surface area is 219 Å². The van der Waals surface area contributed by atoms with Crippen molar-refractivity contribution in [3.8, 4) is 5.75 Å². The fourth-order valence-corrected chi connectivity index (χ4v) is 5.43. The summed E-state index contributed by atoms with van der Waals surface area (Å²) in [6, 6.07) is 24.9. The monoisotopic (exact) mass is 494 g/mol. The molecule has 5 heteroatoms. The van der Waals surface area contributed by atoms with E-state index >= 15 is 0 Å². The molecule has 0 aromatic heterocycles. The van der Waals surface area contributed by atoms with Crippen LogP contribution >= 0.6 is 0 Å². The zero-order valence-electron chi connectivity index (χ0n) is 22.0. The summed E-state index contributed by atoms with van der Waals surface area (Å²) in [4.78, 5) is 29.8. The number of para-hydroxylation sites is 2. The van der Waals surface area contributed by atoms with Gasteiger partial charge in [0.2, 0.25) is 5.91 Å². The van der Waals surface area contributed by atoms with Gasteiger partial charge in [-0.1, -0.05) is 68.4 Å². The van der Waals surface area contributed by atoms with E-state index in [1.54, 1.807) is 0 Å². The number of nitrogens with zero attached hydrogens (tertiary/aromatic N) is 1. The van der Waals surface area contributed by atoms with E-state index in [4.69, 9.17) is 4.74 Å². The van der Waals surface area contributed by atoms with Crippen molar-refractivity contribution in [3.05, 3.63) is 101 Å². The summed E-state index contributed by atoms with van der Waals surface area (Å²) in [6.45, 7) is 8.23. The molecule has 1 aliphatic heterocycles. The Kier molecular flexibility index (Phi) is 6.63. The molecule has 0 radical (unpaired) electrons. The zero-order valence-corrected chi connectivity index (χ0v) is 22.0. The van der Waals surface area contributed by atoms with Gasteiger partial charge in [-0.25, -0.2) is 0 Å². The second kappa shape index (κ2) is 9.89. The SMILES string of the molecule is CC(C)Oc1ccc([C@@H]2C3=C(CC(C)(C)CC3=O)Nc3ccccc3N2C(=O)Cc2ccccc2)cc1. The number of rotatable bonds is 5. The number of ether oxygens (including phenoxy) is 1. The number of carbonyl (C=O) groups is 2. The molecule has 1 heterocycles. The summed E-state index contributed by atoms with van der Waals surface area (Å²) in [6.07, 6.45) is 1.46. The number of Topliss-reactive ketones (excluding diaryl/α,β-unsaturated/α-hetero) is 1. The molecule has 0 bridgehead atoms. The Balaban J connectivity index is 1.68. The second-order valence-electron chi connectivity index (χ2n) is 11.0. The fraction of sp³-hybridized carbons (Fsp3) is 0.312. The lowest BCUT2D eigenvalue weighted by molar-refractivity contribution is -0.119. The average Bonchev–Trinajstić information content (AvgIpc) is 2.98. The summed E-state index contributed by atoms with van der Waals surface area (Å²) in [5.74, 6) is 0.786. The van der Waals surface area contributed by atoms with Gasteiger partial charge < -0.3 is 10.1 Å². The lowest BCUT2D eigenvalue weighted by Gasteiger charge is -2.37. The van der Waals surface area contributed by atoms with Gasteiger partial charge in [-0.3, -0.25) is 14.5 Å². The summed E-state index contributed by atoms with van der Waals surface area (Å²) >= 11 is 0. The fourth-order valence-electron chi connectivity index (χ4n) is 5.43. The first-order chi connectivity index (χ1) is 17.7. The van der Waals surface area contributed by atoms with Crippen LogP contribution in [0.4, 0.5) is 11.4 Å². The Hall–Kier alpha value is -3.86. The number of nitrogens with one attached hydrogen (secondary N) is 1. The van der Waals surface area contributed by atoms with E-state index in [-0.39, 0.29) is 29.6 Å². The number of ketones is 1. The van der Waals surface area contributed by atoms with Crippen LogP contribution in [0.5, 0.6) is 5.75 Å². The molecule has 3 aromatic carbocycles. The van der Waals surface area contributed by atoms with Gasteiger partial charge in [0.1, 0.15) is 5.75 Å². The molecule has 0 saturated heterocycles. The van der Waals surface area contributed by atoms with Crippen LogP contribution in [0.1, 0.15) is 57.7 Å². The number of anilines is 2. The van der Waals surface area contributed by atoms with Crippen LogP contribution in [0.15, 0.2) is 90.1 Å². The third-order valence-electron chi connectivity index (χ3n) is 6.94. The Morgan fingerprint density at radius 3 is 2.35 bits per heavy atom. The highest BCUT2D eigenvalue weighted by molar-refractivity contribution is 6.06. The molecular formula is C32H34N2O3. The molecule has 1 atom stereocenters. The van der Waals surface area contributed by atoms with Gasteiger partial charge in [0, 0.05) is 17.7 Å². The van der Waals surface area contributed by atoms with E-state index in [0.717, 1.165) is 40.4 Å². The van der Waals surface area contributed by atoms with E-state index in [9.17, 15) is 9.59 Å². The minimum Gasteiger partial charge on any atom is -0.491 e. The maximum Gasteiger partial charge on any atom is 0.232 e. The highest BCUT2D eigenvalue weighted by Crippen LogP contribution is 2.48. The predicted molar refractivity (Wildman–Crippen MR) is 148 cm³/mol. The molecule has 0 spiro atoms. The molecule has 190 valence electrons. The summed E-state index contributed by atoms with van der Waals surface area (Å²) < 4.78 is 5.87. The van der Waals surface area contributed by atoms with Gasteiger partial charge in [0.15, 0.2) is 5.78 Å². The van der Waals surface area contributed by atoms with Crippen molar-refractivity contribution in [2.75, 3.05) is 10.2 Å². The van der Waals surface area contributed by atoms with Gasteiger partial charge in [0.05, 0.1) is 29.9 Å². The number of allylic oxidation sites excluding steroid dienone is 1. The zero-order chi connectivity index (χ0) is 26.2. The topological polar surface area (TPSA) is 58.6 Å². The smallest absolute Gasteiger partial charge is 0.232 e. The third kappa shape index (κ3) is 5.17. The van der Waals surface area contributed by atoms with Crippen molar-refractivity contribution in [2.24, 2.45) is 5.41 Å². The number of fused-ring (bicyclic) bond motifs is 1. The largest absolute Gasteiger partial charge is 0.491 e. The van der Waals surface area contributed by atoms with Crippen LogP contribution in [0.2, 0.25) is 0 Å². The first kappa shape index (κ1) is 24.8. The van der Waals surface area contributed by atoms with Gasteiger partial charge >= 0.3 is 0 Å². The van der Waals surface area contributed by atoms with Crippen molar-refractivity contribution in [1.82, 2.24) is 0 Å². The molecule has 0 saturated carbocycles. The van der Waals surface area contributed by atoms with E-state index in [1.165, 1.54) is 0 Å². The van der Waals surface area contributed by atoms with Crippen LogP contribution < -0.4 is 15.0 Å². The number of benzene rings is 3. The Morgan fingerprint density at radius 2 is 1.65 bits per heavy atom.